The number of fused-ring (bicyclic) bond motifs is 1. The number of likely N-dealkylation sites (N-methyl/N-ethyl adjacent to an activating group) is 1. The van der Waals surface area contributed by atoms with E-state index in [0.29, 0.717) is 6.61 Å². The van der Waals surface area contributed by atoms with Gasteiger partial charge in [0, 0.05) is 13.8 Å². The molecule has 0 aromatic heterocycles. The lowest BCUT2D eigenvalue weighted by molar-refractivity contribution is -0.562. The van der Waals surface area contributed by atoms with Crippen LogP contribution >= 0.6 is 0 Å². The van der Waals surface area contributed by atoms with E-state index in [1.54, 1.807) is 0 Å². The highest BCUT2D eigenvalue weighted by atomic mass is 19.1. The number of hydrogen-bond donors (Lipinski definition) is 0. The van der Waals surface area contributed by atoms with Crippen LogP contribution in [0.3, 0.4) is 0 Å². The van der Waals surface area contributed by atoms with Crippen molar-refractivity contribution >= 4 is 16.7 Å². The van der Waals surface area contributed by atoms with Gasteiger partial charge in [-0.2, -0.15) is 4.58 Å². The van der Waals surface area contributed by atoms with Gasteiger partial charge in [-0.05, 0) is 34.0 Å². The van der Waals surface area contributed by atoms with E-state index in [1.807, 2.05) is 24.3 Å². The second kappa shape index (κ2) is 5.69. The maximum Gasteiger partial charge on any atom is 0.371 e. The zero-order valence-corrected chi connectivity index (χ0v) is 14.7. The third kappa shape index (κ3) is 2.60. The molecular formula is C22H21FNO+. The van der Waals surface area contributed by atoms with Gasteiger partial charge in [0.25, 0.3) is 0 Å². The Bertz CT molecular complexity index is 987. The monoisotopic (exact) mass is 334 g/mol. The van der Waals surface area contributed by atoms with E-state index in [0.717, 1.165) is 33.4 Å². The smallest absolute Gasteiger partial charge is 0.371 e. The van der Waals surface area contributed by atoms with Crippen molar-refractivity contribution in [3.8, 4) is 11.1 Å². The molecule has 0 saturated carbocycles. The Morgan fingerprint density at radius 3 is 2.36 bits per heavy atom. The summed E-state index contributed by atoms with van der Waals surface area (Å²) in [7, 11) is 2.07. The molecule has 25 heavy (non-hydrogen) atoms. The van der Waals surface area contributed by atoms with Crippen molar-refractivity contribution < 1.29 is 13.7 Å². The fourth-order valence-corrected chi connectivity index (χ4v) is 3.33. The van der Waals surface area contributed by atoms with Gasteiger partial charge >= 0.3 is 5.90 Å². The second-order valence-electron chi connectivity index (χ2n) is 7.18. The third-order valence-electron chi connectivity index (χ3n) is 5.07. The van der Waals surface area contributed by atoms with Crippen LogP contribution in [0.1, 0.15) is 19.4 Å². The van der Waals surface area contributed by atoms with E-state index in [2.05, 4.69) is 49.7 Å². The van der Waals surface area contributed by atoms with Gasteiger partial charge in [0.15, 0.2) is 12.1 Å². The van der Waals surface area contributed by atoms with E-state index in [4.69, 9.17) is 4.74 Å². The Balaban J connectivity index is 2.05. The summed E-state index contributed by atoms with van der Waals surface area (Å²) in [5.41, 5.74) is 3.04. The largest absolute Gasteiger partial charge is 0.437 e. The van der Waals surface area contributed by atoms with E-state index in [9.17, 15) is 4.39 Å². The van der Waals surface area contributed by atoms with Gasteiger partial charge in [-0.15, -0.1) is 0 Å². The third-order valence-corrected chi connectivity index (χ3v) is 5.07. The minimum Gasteiger partial charge on any atom is -0.437 e. The first-order valence-corrected chi connectivity index (χ1v) is 8.49. The number of ether oxygens (including phenoxy) is 1. The van der Waals surface area contributed by atoms with Gasteiger partial charge in [-0.3, -0.25) is 0 Å². The molecule has 3 aromatic carbocycles. The number of nitrogens with zero attached hydrogens (tertiary/aromatic N) is 1. The molecule has 1 aliphatic rings. The summed E-state index contributed by atoms with van der Waals surface area (Å²) in [4.78, 5) is 0. The molecule has 0 amide bonds. The van der Waals surface area contributed by atoms with Crippen LogP contribution in [0.5, 0.6) is 0 Å². The molecule has 0 atom stereocenters. The lowest BCUT2D eigenvalue weighted by atomic mass is 9.93. The Morgan fingerprint density at radius 2 is 1.68 bits per heavy atom. The van der Waals surface area contributed by atoms with Gasteiger partial charge in [0.05, 0.1) is 0 Å². The van der Waals surface area contributed by atoms with Crippen molar-refractivity contribution in [2.45, 2.75) is 19.4 Å². The maximum atomic E-state index is 13.4. The fourth-order valence-electron chi connectivity index (χ4n) is 3.33. The highest BCUT2D eigenvalue weighted by molar-refractivity contribution is 6.10. The summed E-state index contributed by atoms with van der Waals surface area (Å²) < 4.78 is 21.7. The van der Waals surface area contributed by atoms with E-state index in [-0.39, 0.29) is 11.4 Å². The molecule has 0 aliphatic carbocycles. The molecule has 4 rings (SSSR count). The van der Waals surface area contributed by atoms with Crippen molar-refractivity contribution in [2.24, 2.45) is 0 Å². The topological polar surface area (TPSA) is 12.2 Å². The standard InChI is InChI=1S/C22H21FNO/c1-22(2)14-25-21(24(22)3)20-18-7-5-4-6-15(18)10-13-19(20)16-8-11-17(23)12-9-16/h4-13H,14H2,1-3H3/q+1. The summed E-state index contributed by atoms with van der Waals surface area (Å²) in [5.74, 6) is 0.648. The predicted molar refractivity (Wildman–Crippen MR) is 99.7 cm³/mol. The Labute approximate surface area is 147 Å². The first kappa shape index (κ1) is 15.8. The molecular weight excluding hydrogens is 313 g/mol. The molecule has 3 heteroatoms. The van der Waals surface area contributed by atoms with Gasteiger partial charge in [0.1, 0.15) is 18.4 Å². The Kier molecular flexibility index (Phi) is 3.60. The lowest BCUT2D eigenvalue weighted by Gasteiger charge is -2.12. The first-order chi connectivity index (χ1) is 12.0. The van der Waals surface area contributed by atoms with Crippen molar-refractivity contribution in [2.75, 3.05) is 13.7 Å². The molecule has 0 unspecified atom stereocenters. The molecule has 0 fully saturated rings. The molecule has 1 heterocycles. The van der Waals surface area contributed by atoms with Crippen molar-refractivity contribution in [3.05, 3.63) is 72.0 Å². The molecule has 0 saturated heterocycles. The average molecular weight is 334 g/mol. The molecule has 126 valence electrons. The van der Waals surface area contributed by atoms with Crippen LogP contribution in [0.4, 0.5) is 4.39 Å². The normalized spacial score (nSPS) is 16.3. The number of halogens is 1. The molecule has 1 aliphatic heterocycles. The van der Waals surface area contributed by atoms with Crippen molar-refractivity contribution in [1.29, 1.82) is 0 Å². The fraction of sp³-hybridized carbons (Fsp3) is 0.227. The van der Waals surface area contributed by atoms with Crippen LogP contribution in [0.15, 0.2) is 60.7 Å². The lowest BCUT2D eigenvalue weighted by Crippen LogP contribution is -2.33. The highest BCUT2D eigenvalue weighted by Crippen LogP contribution is 2.33. The number of hydrogen-bond acceptors (Lipinski definition) is 1. The van der Waals surface area contributed by atoms with E-state index < -0.39 is 0 Å². The Hall–Kier alpha value is -2.68. The van der Waals surface area contributed by atoms with Crippen LogP contribution in [0.25, 0.3) is 21.9 Å². The minimum absolute atomic E-state index is 0.0632. The van der Waals surface area contributed by atoms with Gasteiger partial charge in [-0.25, -0.2) is 4.39 Å². The maximum absolute atomic E-state index is 13.4. The minimum atomic E-state index is -0.228. The van der Waals surface area contributed by atoms with E-state index in [1.165, 1.54) is 12.1 Å². The molecule has 0 spiro atoms. The van der Waals surface area contributed by atoms with Gasteiger partial charge < -0.3 is 4.74 Å². The number of benzene rings is 3. The van der Waals surface area contributed by atoms with E-state index >= 15 is 0 Å². The van der Waals surface area contributed by atoms with Crippen molar-refractivity contribution in [1.82, 2.24) is 0 Å². The SMILES string of the molecule is C[N+]1=C(c2c(-c3ccc(F)cc3)ccc3ccccc23)OCC1(C)C. The molecule has 0 bridgehead atoms. The summed E-state index contributed by atoms with van der Waals surface area (Å²) in [6, 6.07) is 19.2. The van der Waals surface area contributed by atoms with Crippen LogP contribution < -0.4 is 0 Å². The van der Waals surface area contributed by atoms with Crippen molar-refractivity contribution in [3.63, 3.8) is 0 Å². The summed E-state index contributed by atoms with van der Waals surface area (Å²) in [6.45, 7) is 4.98. The quantitative estimate of drug-likeness (QED) is 0.611. The second-order valence-corrected chi connectivity index (χ2v) is 7.18. The molecule has 0 N–H and O–H groups in total. The first-order valence-electron chi connectivity index (χ1n) is 8.49. The highest BCUT2D eigenvalue weighted by Gasteiger charge is 2.41. The van der Waals surface area contributed by atoms with Crippen LogP contribution in [0, 0.1) is 5.82 Å². The van der Waals surface area contributed by atoms with Gasteiger partial charge in [-0.1, -0.05) is 48.5 Å². The zero-order valence-electron chi connectivity index (χ0n) is 14.7. The summed E-state index contributed by atoms with van der Waals surface area (Å²) in [5, 5.41) is 2.31. The van der Waals surface area contributed by atoms with Crippen LogP contribution in [-0.2, 0) is 4.74 Å². The van der Waals surface area contributed by atoms with Crippen LogP contribution in [0.2, 0.25) is 0 Å². The number of rotatable bonds is 2. The summed E-state index contributed by atoms with van der Waals surface area (Å²) >= 11 is 0. The summed E-state index contributed by atoms with van der Waals surface area (Å²) in [6.07, 6.45) is 0. The molecule has 2 nitrogen and oxygen atoms in total. The molecule has 0 radical (unpaired) electrons. The predicted octanol–water partition coefficient (Wildman–Crippen LogP) is 4.84. The van der Waals surface area contributed by atoms with Gasteiger partial charge in [0.2, 0.25) is 0 Å². The van der Waals surface area contributed by atoms with Crippen LogP contribution in [-0.4, -0.2) is 29.7 Å². The zero-order chi connectivity index (χ0) is 17.6. The Morgan fingerprint density at radius 1 is 0.960 bits per heavy atom. The average Bonchev–Trinajstić information content (AvgIpc) is 2.88. The molecule has 3 aromatic rings.